The smallest absolute Gasteiger partial charge is 0.0728 e. The summed E-state index contributed by atoms with van der Waals surface area (Å²) in [7, 11) is 0. The molecule has 1 aromatic heterocycles. The average Bonchev–Trinajstić information content (AvgIpc) is 2.95. The second-order valence-electron chi connectivity index (χ2n) is 4.75. The van der Waals surface area contributed by atoms with Gasteiger partial charge in [0.2, 0.25) is 0 Å². The first-order chi connectivity index (χ1) is 8.74. The lowest BCUT2D eigenvalue weighted by Gasteiger charge is -2.10. The predicted octanol–water partition coefficient (Wildman–Crippen LogP) is 3.14. The highest BCUT2D eigenvalue weighted by Crippen LogP contribution is 2.27. The standard InChI is InChI=1S/C14H16ClN3/c1-2-18-9-14(8-16-18)17-13-6-10-3-4-12(15)5-11(10)7-13/h3-5,8-9,13,17H,2,6-7H2,1H3. The SMILES string of the molecule is CCn1cc(NC2Cc3ccc(Cl)cc3C2)cn1. The molecule has 1 unspecified atom stereocenters. The van der Waals surface area contributed by atoms with Gasteiger partial charge in [-0.05, 0) is 43.0 Å². The Hall–Kier alpha value is -1.48. The number of hydrogen-bond donors (Lipinski definition) is 1. The number of halogens is 1. The van der Waals surface area contributed by atoms with Crippen LogP contribution in [0.4, 0.5) is 5.69 Å². The number of fused-ring (bicyclic) bond motifs is 1. The number of rotatable bonds is 3. The van der Waals surface area contributed by atoms with Crippen LogP contribution in [0.5, 0.6) is 0 Å². The predicted molar refractivity (Wildman–Crippen MR) is 74.2 cm³/mol. The molecule has 3 nitrogen and oxygen atoms in total. The fraction of sp³-hybridized carbons (Fsp3) is 0.357. The number of anilines is 1. The zero-order valence-electron chi connectivity index (χ0n) is 10.4. The summed E-state index contributed by atoms with van der Waals surface area (Å²) in [6, 6.07) is 6.63. The minimum absolute atomic E-state index is 0.452. The van der Waals surface area contributed by atoms with Crippen LogP contribution < -0.4 is 5.32 Å². The van der Waals surface area contributed by atoms with Crippen LogP contribution in [0.25, 0.3) is 0 Å². The van der Waals surface area contributed by atoms with E-state index in [0.29, 0.717) is 6.04 Å². The Kier molecular flexibility index (Phi) is 3.00. The molecule has 0 saturated heterocycles. The van der Waals surface area contributed by atoms with Gasteiger partial charge in [0, 0.05) is 23.8 Å². The van der Waals surface area contributed by atoms with Crippen molar-refractivity contribution < 1.29 is 0 Å². The fourth-order valence-corrected chi connectivity index (χ4v) is 2.73. The van der Waals surface area contributed by atoms with E-state index < -0.39 is 0 Å². The third-order valence-electron chi connectivity index (χ3n) is 3.43. The number of nitrogens with zero attached hydrogens (tertiary/aromatic N) is 2. The van der Waals surface area contributed by atoms with Gasteiger partial charge in [0.05, 0.1) is 11.9 Å². The molecule has 1 aliphatic carbocycles. The molecule has 0 saturated carbocycles. The van der Waals surface area contributed by atoms with Gasteiger partial charge < -0.3 is 5.32 Å². The molecular weight excluding hydrogens is 246 g/mol. The number of aryl methyl sites for hydroxylation is 1. The Morgan fingerprint density at radius 1 is 1.39 bits per heavy atom. The molecule has 1 aliphatic rings. The molecule has 0 aliphatic heterocycles. The normalized spacial score (nSPS) is 17.8. The quantitative estimate of drug-likeness (QED) is 0.920. The van der Waals surface area contributed by atoms with Crippen LogP contribution in [-0.2, 0) is 19.4 Å². The van der Waals surface area contributed by atoms with Crippen LogP contribution in [0.3, 0.4) is 0 Å². The van der Waals surface area contributed by atoms with Crippen LogP contribution in [-0.4, -0.2) is 15.8 Å². The third kappa shape index (κ3) is 2.23. The van der Waals surface area contributed by atoms with Gasteiger partial charge in [0.25, 0.3) is 0 Å². The van der Waals surface area contributed by atoms with Crippen LogP contribution in [0.1, 0.15) is 18.1 Å². The third-order valence-corrected chi connectivity index (χ3v) is 3.66. The molecule has 94 valence electrons. The molecule has 1 aromatic carbocycles. The summed E-state index contributed by atoms with van der Waals surface area (Å²) in [6.07, 6.45) is 6.03. The topological polar surface area (TPSA) is 29.9 Å². The zero-order chi connectivity index (χ0) is 12.5. The highest BCUT2D eigenvalue weighted by Gasteiger charge is 2.21. The van der Waals surface area contributed by atoms with E-state index in [0.717, 1.165) is 30.1 Å². The lowest BCUT2D eigenvalue weighted by molar-refractivity contribution is 0.659. The monoisotopic (exact) mass is 261 g/mol. The lowest BCUT2D eigenvalue weighted by Crippen LogP contribution is -2.18. The molecule has 0 amide bonds. The number of aromatic nitrogens is 2. The molecular formula is C14H16ClN3. The van der Waals surface area contributed by atoms with Crippen molar-refractivity contribution in [1.29, 1.82) is 0 Å². The van der Waals surface area contributed by atoms with Crippen LogP contribution in [0.2, 0.25) is 5.02 Å². The summed E-state index contributed by atoms with van der Waals surface area (Å²) >= 11 is 6.02. The fourth-order valence-electron chi connectivity index (χ4n) is 2.54. The van der Waals surface area contributed by atoms with Gasteiger partial charge in [-0.15, -0.1) is 0 Å². The van der Waals surface area contributed by atoms with Gasteiger partial charge in [-0.2, -0.15) is 5.10 Å². The Morgan fingerprint density at radius 2 is 2.22 bits per heavy atom. The summed E-state index contributed by atoms with van der Waals surface area (Å²) in [4.78, 5) is 0. The maximum Gasteiger partial charge on any atom is 0.0728 e. The number of hydrogen-bond acceptors (Lipinski definition) is 2. The Morgan fingerprint density at radius 3 is 3.00 bits per heavy atom. The van der Waals surface area contributed by atoms with E-state index in [1.165, 1.54) is 11.1 Å². The molecule has 4 heteroatoms. The molecule has 0 radical (unpaired) electrons. The summed E-state index contributed by atoms with van der Waals surface area (Å²) in [6.45, 7) is 2.99. The first-order valence-corrected chi connectivity index (χ1v) is 6.68. The Bertz CT molecular complexity index is 562. The molecule has 1 atom stereocenters. The number of benzene rings is 1. The Balaban J connectivity index is 1.70. The molecule has 1 N–H and O–H groups in total. The molecule has 1 heterocycles. The number of nitrogens with one attached hydrogen (secondary N) is 1. The van der Waals surface area contributed by atoms with E-state index in [-0.39, 0.29) is 0 Å². The van der Waals surface area contributed by atoms with E-state index in [2.05, 4.69) is 35.7 Å². The van der Waals surface area contributed by atoms with E-state index in [9.17, 15) is 0 Å². The maximum atomic E-state index is 6.02. The van der Waals surface area contributed by atoms with Gasteiger partial charge >= 0.3 is 0 Å². The maximum absolute atomic E-state index is 6.02. The molecule has 3 rings (SSSR count). The Labute approximate surface area is 112 Å². The van der Waals surface area contributed by atoms with Crippen molar-refractivity contribution in [2.24, 2.45) is 0 Å². The van der Waals surface area contributed by atoms with Crippen molar-refractivity contribution >= 4 is 17.3 Å². The lowest BCUT2D eigenvalue weighted by atomic mass is 10.1. The van der Waals surface area contributed by atoms with Crippen molar-refractivity contribution in [1.82, 2.24) is 9.78 Å². The second-order valence-corrected chi connectivity index (χ2v) is 5.18. The van der Waals surface area contributed by atoms with E-state index >= 15 is 0 Å². The summed E-state index contributed by atoms with van der Waals surface area (Å²) in [5, 5.41) is 8.64. The highest BCUT2D eigenvalue weighted by molar-refractivity contribution is 6.30. The van der Waals surface area contributed by atoms with Crippen LogP contribution >= 0.6 is 11.6 Å². The summed E-state index contributed by atoms with van der Waals surface area (Å²) in [5.74, 6) is 0. The van der Waals surface area contributed by atoms with E-state index in [1.807, 2.05) is 16.9 Å². The highest BCUT2D eigenvalue weighted by atomic mass is 35.5. The largest absolute Gasteiger partial charge is 0.379 e. The second kappa shape index (κ2) is 4.65. The summed E-state index contributed by atoms with van der Waals surface area (Å²) < 4.78 is 1.93. The van der Waals surface area contributed by atoms with E-state index in [4.69, 9.17) is 11.6 Å². The van der Waals surface area contributed by atoms with Gasteiger partial charge in [-0.25, -0.2) is 0 Å². The first-order valence-electron chi connectivity index (χ1n) is 6.31. The van der Waals surface area contributed by atoms with Crippen molar-refractivity contribution in [2.45, 2.75) is 32.4 Å². The van der Waals surface area contributed by atoms with Crippen molar-refractivity contribution in [3.05, 3.63) is 46.7 Å². The van der Waals surface area contributed by atoms with Crippen molar-refractivity contribution in [2.75, 3.05) is 5.32 Å². The van der Waals surface area contributed by atoms with Crippen molar-refractivity contribution in [3.63, 3.8) is 0 Å². The zero-order valence-corrected chi connectivity index (χ0v) is 11.1. The minimum Gasteiger partial charge on any atom is -0.379 e. The average molecular weight is 262 g/mol. The van der Waals surface area contributed by atoms with Gasteiger partial charge in [0.15, 0.2) is 0 Å². The minimum atomic E-state index is 0.452. The van der Waals surface area contributed by atoms with Crippen molar-refractivity contribution in [3.8, 4) is 0 Å². The van der Waals surface area contributed by atoms with Gasteiger partial charge in [-0.3, -0.25) is 4.68 Å². The molecule has 2 aromatic rings. The molecule has 0 spiro atoms. The van der Waals surface area contributed by atoms with Crippen LogP contribution in [0.15, 0.2) is 30.6 Å². The molecule has 18 heavy (non-hydrogen) atoms. The summed E-state index contributed by atoms with van der Waals surface area (Å²) in [5.41, 5.74) is 3.86. The molecule has 0 bridgehead atoms. The first kappa shape index (κ1) is 11.6. The van der Waals surface area contributed by atoms with Crippen LogP contribution in [0, 0.1) is 0 Å². The van der Waals surface area contributed by atoms with E-state index in [1.54, 1.807) is 0 Å². The van der Waals surface area contributed by atoms with Gasteiger partial charge in [0.1, 0.15) is 0 Å². The van der Waals surface area contributed by atoms with Gasteiger partial charge in [-0.1, -0.05) is 17.7 Å². The molecule has 0 fully saturated rings.